The zero-order valence-electron chi connectivity index (χ0n) is 11.6. The zero-order valence-corrected chi connectivity index (χ0v) is 12.4. The van der Waals surface area contributed by atoms with Crippen LogP contribution in [0.4, 0.5) is 0 Å². The number of carbonyl (C=O) groups is 1. The fourth-order valence-electron chi connectivity index (χ4n) is 1.92. The molecule has 0 spiro atoms. The molecule has 6 nitrogen and oxygen atoms in total. The Kier molecular flexibility index (Phi) is 3.57. The summed E-state index contributed by atoms with van der Waals surface area (Å²) in [6.07, 6.45) is 0.705. The highest BCUT2D eigenvalue weighted by Crippen LogP contribution is 2.27. The first-order valence-electron chi connectivity index (χ1n) is 6.50. The van der Waals surface area contributed by atoms with Crippen LogP contribution in [-0.4, -0.2) is 31.5 Å². The lowest BCUT2D eigenvalue weighted by Crippen LogP contribution is -1.99. The average Bonchev–Trinajstić information content (AvgIpc) is 3.14. The van der Waals surface area contributed by atoms with Crippen molar-refractivity contribution in [2.24, 2.45) is 0 Å². The van der Waals surface area contributed by atoms with Crippen molar-refractivity contribution in [2.75, 3.05) is 0 Å². The Labute approximate surface area is 125 Å². The van der Waals surface area contributed by atoms with Gasteiger partial charge in [-0.3, -0.25) is 4.79 Å². The maximum Gasteiger partial charge on any atom is 0.234 e. The molecule has 0 atom stereocenters. The molecule has 0 N–H and O–H groups in total. The molecule has 3 rings (SSSR count). The van der Waals surface area contributed by atoms with Crippen LogP contribution in [0.2, 0.25) is 0 Å². The van der Waals surface area contributed by atoms with E-state index in [1.165, 1.54) is 11.3 Å². The van der Waals surface area contributed by atoms with Crippen molar-refractivity contribution in [3.8, 4) is 16.4 Å². The maximum atomic E-state index is 11.2. The highest BCUT2D eigenvalue weighted by atomic mass is 32.1. The Morgan fingerprint density at radius 2 is 1.90 bits per heavy atom. The lowest BCUT2D eigenvalue weighted by molar-refractivity contribution is 0.111. The highest BCUT2D eigenvalue weighted by molar-refractivity contribution is 7.13. The second kappa shape index (κ2) is 5.53. The zero-order chi connectivity index (χ0) is 14.8. The van der Waals surface area contributed by atoms with Gasteiger partial charge in [0.15, 0.2) is 12.0 Å². The van der Waals surface area contributed by atoms with E-state index < -0.39 is 0 Å². The average molecular weight is 299 g/mol. The summed E-state index contributed by atoms with van der Waals surface area (Å²) in [6.45, 7) is 4.11. The lowest BCUT2D eigenvalue weighted by Gasteiger charge is -2.02. The quantitative estimate of drug-likeness (QED) is 0.692. The van der Waals surface area contributed by atoms with E-state index in [-0.39, 0.29) is 0 Å². The molecule has 0 aliphatic heterocycles. The van der Waals surface area contributed by atoms with Crippen LogP contribution in [0.3, 0.4) is 0 Å². The molecular weight excluding hydrogens is 286 g/mol. The minimum absolute atomic E-state index is 0.294. The van der Waals surface area contributed by atoms with Crippen molar-refractivity contribution in [2.45, 2.75) is 19.8 Å². The summed E-state index contributed by atoms with van der Waals surface area (Å²) in [6, 6.07) is 9.54. The second-order valence-corrected chi connectivity index (χ2v) is 5.78. The van der Waals surface area contributed by atoms with Crippen molar-refractivity contribution in [3.05, 3.63) is 41.0 Å². The molecule has 0 saturated carbocycles. The van der Waals surface area contributed by atoms with Crippen LogP contribution in [0, 0.1) is 0 Å². The molecule has 0 amide bonds. The summed E-state index contributed by atoms with van der Waals surface area (Å²) >= 11 is 1.45. The first kappa shape index (κ1) is 13.6. The van der Waals surface area contributed by atoms with E-state index in [9.17, 15) is 4.79 Å². The van der Waals surface area contributed by atoms with Gasteiger partial charge in [0.2, 0.25) is 5.13 Å². The van der Waals surface area contributed by atoms with Gasteiger partial charge in [0.05, 0.1) is 0 Å². The summed E-state index contributed by atoms with van der Waals surface area (Å²) in [7, 11) is 0. The second-order valence-electron chi connectivity index (χ2n) is 4.80. The number of carbonyl (C=O) groups excluding carboxylic acids is 1. The Balaban J connectivity index is 2.15. The monoisotopic (exact) mass is 299 g/mol. The molecule has 0 aliphatic carbocycles. The molecule has 0 bridgehead atoms. The van der Waals surface area contributed by atoms with Crippen molar-refractivity contribution < 1.29 is 4.79 Å². The standard InChI is InChI=1S/C14H13N5OS/c1-9(2)13-16-17-14(21-13)19-12(11(8-20)15-18-19)10-6-4-3-5-7-10/h3-9H,1-2H3. The first-order chi connectivity index (χ1) is 10.2. The van der Waals surface area contributed by atoms with Gasteiger partial charge < -0.3 is 0 Å². The van der Waals surface area contributed by atoms with Crippen molar-refractivity contribution >= 4 is 17.6 Å². The first-order valence-corrected chi connectivity index (χ1v) is 7.32. The maximum absolute atomic E-state index is 11.2. The van der Waals surface area contributed by atoms with E-state index in [0.717, 1.165) is 10.6 Å². The van der Waals surface area contributed by atoms with Crippen LogP contribution >= 0.6 is 11.3 Å². The van der Waals surface area contributed by atoms with Gasteiger partial charge in [0.25, 0.3) is 0 Å². The molecule has 21 heavy (non-hydrogen) atoms. The predicted octanol–water partition coefficient (Wildman–Crippen LogP) is 2.72. The topological polar surface area (TPSA) is 73.6 Å². The summed E-state index contributed by atoms with van der Waals surface area (Å²) in [5.74, 6) is 0.297. The highest BCUT2D eigenvalue weighted by Gasteiger charge is 2.19. The van der Waals surface area contributed by atoms with Crippen LogP contribution in [-0.2, 0) is 0 Å². The number of nitrogens with zero attached hydrogens (tertiary/aromatic N) is 5. The third kappa shape index (κ3) is 2.47. The Morgan fingerprint density at radius 1 is 1.14 bits per heavy atom. The van der Waals surface area contributed by atoms with Gasteiger partial charge in [-0.25, -0.2) is 0 Å². The van der Waals surface area contributed by atoms with Crippen LogP contribution < -0.4 is 0 Å². The fourth-order valence-corrected chi connectivity index (χ4v) is 2.72. The number of rotatable bonds is 4. The molecule has 0 unspecified atom stereocenters. The number of benzene rings is 1. The van der Waals surface area contributed by atoms with Gasteiger partial charge in [0, 0.05) is 11.5 Å². The van der Waals surface area contributed by atoms with E-state index >= 15 is 0 Å². The predicted molar refractivity (Wildman–Crippen MR) is 79.7 cm³/mol. The van der Waals surface area contributed by atoms with Gasteiger partial charge in [-0.1, -0.05) is 60.7 Å². The van der Waals surface area contributed by atoms with Gasteiger partial charge in [-0.05, 0) is 0 Å². The van der Waals surface area contributed by atoms with E-state index in [0.29, 0.717) is 28.7 Å². The third-order valence-electron chi connectivity index (χ3n) is 2.96. The molecule has 3 aromatic rings. The van der Waals surface area contributed by atoms with Crippen LogP contribution in [0.5, 0.6) is 0 Å². The van der Waals surface area contributed by atoms with Crippen molar-refractivity contribution in [3.63, 3.8) is 0 Å². The fraction of sp³-hybridized carbons (Fsp3) is 0.214. The molecular formula is C14H13N5OS. The van der Waals surface area contributed by atoms with Crippen molar-refractivity contribution in [1.82, 2.24) is 25.2 Å². The molecule has 2 aromatic heterocycles. The summed E-state index contributed by atoms with van der Waals surface area (Å²) in [4.78, 5) is 11.2. The SMILES string of the molecule is CC(C)c1nnc(-n2nnc(C=O)c2-c2ccccc2)s1. The molecule has 0 fully saturated rings. The minimum Gasteiger partial charge on any atom is -0.296 e. The van der Waals surface area contributed by atoms with Crippen LogP contribution in [0.15, 0.2) is 30.3 Å². The van der Waals surface area contributed by atoms with E-state index in [2.05, 4.69) is 34.4 Å². The Bertz CT molecular complexity index is 763. The minimum atomic E-state index is 0.294. The summed E-state index contributed by atoms with van der Waals surface area (Å²) < 4.78 is 1.57. The van der Waals surface area contributed by atoms with Crippen LogP contribution in [0.1, 0.15) is 35.3 Å². The third-order valence-corrected chi connectivity index (χ3v) is 4.16. The molecule has 2 heterocycles. The summed E-state index contributed by atoms with van der Waals surface area (Å²) in [5, 5.41) is 17.8. The Morgan fingerprint density at radius 3 is 2.52 bits per heavy atom. The number of hydrogen-bond donors (Lipinski definition) is 0. The molecule has 0 aliphatic rings. The normalized spacial score (nSPS) is 11.0. The lowest BCUT2D eigenvalue weighted by atomic mass is 10.1. The summed E-state index contributed by atoms with van der Waals surface area (Å²) in [5.41, 5.74) is 1.80. The molecule has 106 valence electrons. The Hall–Kier alpha value is -2.41. The van der Waals surface area contributed by atoms with Crippen molar-refractivity contribution in [1.29, 1.82) is 0 Å². The van der Waals surface area contributed by atoms with Gasteiger partial charge >= 0.3 is 0 Å². The molecule has 0 saturated heterocycles. The smallest absolute Gasteiger partial charge is 0.234 e. The number of aldehydes is 1. The van der Waals surface area contributed by atoms with E-state index in [4.69, 9.17) is 0 Å². The number of aromatic nitrogens is 5. The molecule has 1 aromatic carbocycles. The van der Waals surface area contributed by atoms with Gasteiger partial charge in [-0.2, -0.15) is 4.68 Å². The van der Waals surface area contributed by atoms with Crippen LogP contribution in [0.25, 0.3) is 16.4 Å². The van der Waals surface area contributed by atoms with Gasteiger partial charge in [0.1, 0.15) is 10.7 Å². The molecule has 7 heteroatoms. The van der Waals surface area contributed by atoms with E-state index in [1.807, 2.05) is 30.3 Å². The van der Waals surface area contributed by atoms with E-state index in [1.54, 1.807) is 4.68 Å². The largest absolute Gasteiger partial charge is 0.296 e. The van der Waals surface area contributed by atoms with Gasteiger partial charge in [-0.15, -0.1) is 15.3 Å². The molecule has 0 radical (unpaired) electrons. The number of hydrogen-bond acceptors (Lipinski definition) is 6.